The smallest absolute Gasteiger partial charge is 0.231 e. The van der Waals surface area contributed by atoms with Crippen LogP contribution in [0.1, 0.15) is 12.0 Å². The molecule has 4 aromatic rings. The van der Waals surface area contributed by atoms with Crippen LogP contribution in [0.5, 0.6) is 0 Å². The fraction of sp³-hybridized carbons (Fsp3) is 0.259. The number of fused-ring (bicyclic) bond motifs is 1. The van der Waals surface area contributed by atoms with Crippen molar-refractivity contribution in [2.24, 2.45) is 4.99 Å². The second-order valence-corrected chi connectivity index (χ2v) is 8.93. The molecule has 1 saturated heterocycles. The van der Waals surface area contributed by atoms with Crippen LogP contribution >= 0.6 is 0 Å². The standard InChI is InChI=1S/C27H27N9O/c1-19-15-29-24(30-16-19)20-6-8-21(9-7-20)32-27-33-25(35-11-13-37-14-12-35)23-26(34-27)36(18-31-23)17-22-5-3-2-4-10-28-22/h2-3,5-10,15-16,18H,4,11-14,17H2,1H3,(H,32,33,34). The molecule has 1 N–H and O–H groups in total. The lowest BCUT2D eigenvalue weighted by Gasteiger charge is -2.28. The third-order valence-electron chi connectivity index (χ3n) is 6.19. The minimum Gasteiger partial charge on any atom is -0.378 e. The molecule has 5 heterocycles. The Morgan fingerprint density at radius 2 is 1.81 bits per heavy atom. The first-order chi connectivity index (χ1) is 18.2. The summed E-state index contributed by atoms with van der Waals surface area (Å²) in [5.74, 6) is 2.00. The van der Waals surface area contributed by atoms with Crippen molar-refractivity contribution >= 4 is 34.8 Å². The van der Waals surface area contributed by atoms with Crippen LogP contribution in [-0.4, -0.2) is 62.0 Å². The summed E-state index contributed by atoms with van der Waals surface area (Å²) in [7, 11) is 0. The number of allylic oxidation sites excluding steroid dienone is 4. The van der Waals surface area contributed by atoms with Gasteiger partial charge in [0, 0.05) is 49.4 Å². The number of aliphatic imine (C=N–C) groups is 1. The van der Waals surface area contributed by atoms with E-state index in [0.29, 0.717) is 31.5 Å². The zero-order valence-corrected chi connectivity index (χ0v) is 20.6. The molecule has 10 heteroatoms. The third-order valence-corrected chi connectivity index (χ3v) is 6.19. The highest BCUT2D eigenvalue weighted by Gasteiger charge is 2.21. The molecule has 0 unspecified atom stereocenters. The number of aromatic nitrogens is 6. The lowest BCUT2D eigenvalue weighted by molar-refractivity contribution is 0.122. The first-order valence-electron chi connectivity index (χ1n) is 12.3. The number of anilines is 3. The van der Waals surface area contributed by atoms with Crippen LogP contribution in [-0.2, 0) is 11.3 Å². The van der Waals surface area contributed by atoms with Gasteiger partial charge >= 0.3 is 0 Å². The number of imidazole rings is 1. The second-order valence-electron chi connectivity index (χ2n) is 8.93. The van der Waals surface area contributed by atoms with Gasteiger partial charge in [0.15, 0.2) is 22.8 Å². The highest BCUT2D eigenvalue weighted by atomic mass is 16.5. The quantitative estimate of drug-likeness (QED) is 0.428. The van der Waals surface area contributed by atoms with Crippen LogP contribution in [0.4, 0.5) is 17.5 Å². The van der Waals surface area contributed by atoms with Gasteiger partial charge in [0.1, 0.15) is 0 Å². The summed E-state index contributed by atoms with van der Waals surface area (Å²) in [5.41, 5.74) is 5.32. The number of nitrogens with zero attached hydrogens (tertiary/aromatic N) is 8. The number of nitrogens with one attached hydrogen (secondary N) is 1. The zero-order valence-electron chi connectivity index (χ0n) is 20.6. The van der Waals surface area contributed by atoms with E-state index in [4.69, 9.17) is 19.7 Å². The van der Waals surface area contributed by atoms with Crippen molar-refractivity contribution in [1.82, 2.24) is 29.5 Å². The number of hydrogen-bond acceptors (Lipinski definition) is 9. The van der Waals surface area contributed by atoms with Crippen LogP contribution < -0.4 is 10.2 Å². The Bertz CT molecular complexity index is 1480. The lowest BCUT2D eigenvalue weighted by atomic mass is 10.2. The van der Waals surface area contributed by atoms with E-state index in [9.17, 15) is 0 Å². The Kier molecular flexibility index (Phi) is 6.38. The zero-order chi connectivity index (χ0) is 25.0. The Labute approximate surface area is 214 Å². The SMILES string of the molecule is Cc1cnc(-c2ccc(Nc3nc(N4CCOCC4)c4ncn(CC5=CC=CCC=N5)c4n3)cc2)nc1. The fourth-order valence-electron chi connectivity index (χ4n) is 4.27. The molecule has 10 nitrogen and oxygen atoms in total. The molecule has 0 radical (unpaired) electrons. The van der Waals surface area contributed by atoms with Gasteiger partial charge in [-0.2, -0.15) is 9.97 Å². The third kappa shape index (κ3) is 5.10. The summed E-state index contributed by atoms with van der Waals surface area (Å²) in [4.78, 5) is 30.1. The summed E-state index contributed by atoms with van der Waals surface area (Å²) in [6.07, 6.45) is 14.3. The molecular formula is C27H27N9O. The predicted molar refractivity (Wildman–Crippen MR) is 144 cm³/mol. The van der Waals surface area contributed by atoms with Crippen LogP contribution in [0.3, 0.4) is 0 Å². The van der Waals surface area contributed by atoms with Gasteiger partial charge in [-0.15, -0.1) is 0 Å². The maximum Gasteiger partial charge on any atom is 0.231 e. The van der Waals surface area contributed by atoms with Gasteiger partial charge in [-0.25, -0.2) is 15.0 Å². The molecule has 3 aromatic heterocycles. The number of aryl methyl sites for hydroxylation is 1. The van der Waals surface area contributed by atoms with Gasteiger partial charge in [-0.1, -0.05) is 12.2 Å². The van der Waals surface area contributed by atoms with Crippen molar-refractivity contribution in [1.29, 1.82) is 0 Å². The number of ether oxygens (including phenoxy) is 1. The van der Waals surface area contributed by atoms with Crippen LogP contribution in [0.2, 0.25) is 0 Å². The highest BCUT2D eigenvalue weighted by molar-refractivity contribution is 5.85. The minimum atomic E-state index is 0.508. The average Bonchev–Trinajstić information content (AvgIpc) is 3.15. The van der Waals surface area contributed by atoms with Crippen molar-refractivity contribution < 1.29 is 4.74 Å². The van der Waals surface area contributed by atoms with E-state index in [1.54, 1.807) is 0 Å². The number of benzene rings is 1. The van der Waals surface area contributed by atoms with E-state index in [2.05, 4.69) is 31.3 Å². The molecule has 0 spiro atoms. The maximum absolute atomic E-state index is 5.56. The van der Waals surface area contributed by atoms with E-state index in [0.717, 1.165) is 59.0 Å². The van der Waals surface area contributed by atoms with E-state index in [1.807, 2.05) is 72.8 Å². The van der Waals surface area contributed by atoms with Gasteiger partial charge in [-0.3, -0.25) is 4.99 Å². The van der Waals surface area contributed by atoms with Gasteiger partial charge in [0.2, 0.25) is 5.95 Å². The molecule has 0 amide bonds. The Balaban J connectivity index is 1.33. The number of hydrogen-bond donors (Lipinski definition) is 1. The summed E-state index contributed by atoms with van der Waals surface area (Å²) in [6.45, 7) is 5.37. The van der Waals surface area contributed by atoms with Gasteiger partial charge < -0.3 is 19.5 Å². The predicted octanol–water partition coefficient (Wildman–Crippen LogP) is 4.09. The van der Waals surface area contributed by atoms with E-state index in [-0.39, 0.29) is 0 Å². The molecule has 0 atom stereocenters. The van der Waals surface area contributed by atoms with Gasteiger partial charge in [0.25, 0.3) is 0 Å². The van der Waals surface area contributed by atoms with Crippen molar-refractivity contribution in [2.45, 2.75) is 19.9 Å². The molecule has 1 fully saturated rings. The molecule has 2 aliphatic rings. The van der Waals surface area contributed by atoms with Crippen molar-refractivity contribution in [3.8, 4) is 11.4 Å². The molecule has 0 aliphatic carbocycles. The maximum atomic E-state index is 5.56. The molecule has 186 valence electrons. The van der Waals surface area contributed by atoms with E-state index < -0.39 is 0 Å². The average molecular weight is 494 g/mol. The monoisotopic (exact) mass is 493 g/mol. The van der Waals surface area contributed by atoms with Gasteiger partial charge in [0.05, 0.1) is 31.8 Å². The second kappa shape index (κ2) is 10.3. The fourth-order valence-corrected chi connectivity index (χ4v) is 4.27. The van der Waals surface area contributed by atoms with Crippen LogP contribution in [0, 0.1) is 6.92 Å². The molecular weight excluding hydrogens is 466 g/mol. The summed E-state index contributed by atoms with van der Waals surface area (Å²) >= 11 is 0. The largest absolute Gasteiger partial charge is 0.378 e. The first-order valence-corrected chi connectivity index (χ1v) is 12.3. The molecule has 2 aliphatic heterocycles. The molecule has 6 rings (SSSR count). The van der Waals surface area contributed by atoms with Crippen LogP contribution in [0.25, 0.3) is 22.6 Å². The molecule has 0 saturated carbocycles. The Morgan fingerprint density at radius 1 is 1.00 bits per heavy atom. The van der Waals surface area contributed by atoms with E-state index >= 15 is 0 Å². The topological polar surface area (TPSA) is 106 Å². The number of rotatable bonds is 6. The molecule has 1 aromatic carbocycles. The Hall–Kier alpha value is -4.44. The first kappa shape index (κ1) is 23.0. The normalized spacial score (nSPS) is 15.6. The lowest BCUT2D eigenvalue weighted by Crippen LogP contribution is -2.37. The molecule has 37 heavy (non-hydrogen) atoms. The van der Waals surface area contributed by atoms with Crippen molar-refractivity contribution in [2.75, 3.05) is 36.5 Å². The molecule has 0 bridgehead atoms. The van der Waals surface area contributed by atoms with Crippen LogP contribution in [0.15, 0.2) is 71.9 Å². The number of morpholine rings is 1. The highest BCUT2D eigenvalue weighted by Crippen LogP contribution is 2.28. The minimum absolute atomic E-state index is 0.508. The summed E-state index contributed by atoms with van der Waals surface area (Å²) in [5, 5.41) is 3.38. The van der Waals surface area contributed by atoms with Gasteiger partial charge in [-0.05, 0) is 42.8 Å². The van der Waals surface area contributed by atoms with Crippen molar-refractivity contribution in [3.63, 3.8) is 0 Å². The Morgan fingerprint density at radius 3 is 2.62 bits per heavy atom. The van der Waals surface area contributed by atoms with Crippen molar-refractivity contribution in [3.05, 3.63) is 72.5 Å². The summed E-state index contributed by atoms with van der Waals surface area (Å²) in [6, 6.07) is 7.94. The van der Waals surface area contributed by atoms with E-state index in [1.165, 1.54) is 0 Å². The summed E-state index contributed by atoms with van der Waals surface area (Å²) < 4.78 is 7.58.